The summed E-state index contributed by atoms with van der Waals surface area (Å²) in [5.74, 6) is 0. The minimum atomic E-state index is 0.261. The number of hydrogen-bond acceptors (Lipinski definition) is 3. The topological polar surface area (TPSA) is 34.1 Å². The van der Waals surface area contributed by atoms with Crippen LogP contribution in [0, 0.1) is 5.41 Å². The van der Waals surface area contributed by atoms with Crippen LogP contribution >= 0.6 is 0 Å². The quantitative estimate of drug-likeness (QED) is 0.790. The van der Waals surface area contributed by atoms with Crippen LogP contribution in [0.25, 0.3) is 0 Å². The summed E-state index contributed by atoms with van der Waals surface area (Å²) in [6, 6.07) is 4.47. The Morgan fingerprint density at radius 1 is 1.35 bits per heavy atom. The first-order valence-electron chi connectivity index (χ1n) is 6.17. The van der Waals surface area contributed by atoms with Crippen molar-refractivity contribution in [1.82, 2.24) is 10.3 Å². The van der Waals surface area contributed by atoms with Gasteiger partial charge in [0, 0.05) is 38.7 Å². The molecule has 3 nitrogen and oxygen atoms in total. The zero-order valence-corrected chi connectivity index (χ0v) is 11.4. The highest BCUT2D eigenvalue weighted by Crippen LogP contribution is 2.20. The average molecular weight is 236 g/mol. The van der Waals surface area contributed by atoms with E-state index in [1.807, 2.05) is 12.4 Å². The van der Waals surface area contributed by atoms with E-state index in [1.54, 1.807) is 7.11 Å². The number of rotatable bonds is 7. The van der Waals surface area contributed by atoms with E-state index in [2.05, 4.69) is 43.2 Å². The van der Waals surface area contributed by atoms with Crippen molar-refractivity contribution in [2.75, 3.05) is 20.3 Å². The maximum atomic E-state index is 5.13. The summed E-state index contributed by atoms with van der Waals surface area (Å²) >= 11 is 0. The van der Waals surface area contributed by atoms with Gasteiger partial charge in [-0.2, -0.15) is 0 Å². The Labute approximate surface area is 105 Å². The van der Waals surface area contributed by atoms with Gasteiger partial charge in [0.2, 0.25) is 0 Å². The average Bonchev–Trinajstić information content (AvgIpc) is 2.35. The fraction of sp³-hybridized carbons (Fsp3) is 0.643. The van der Waals surface area contributed by atoms with Crippen LogP contribution in [0.4, 0.5) is 0 Å². The van der Waals surface area contributed by atoms with E-state index in [4.69, 9.17) is 4.74 Å². The van der Waals surface area contributed by atoms with Crippen LogP contribution in [0.3, 0.4) is 0 Å². The van der Waals surface area contributed by atoms with Crippen LogP contribution in [-0.4, -0.2) is 25.2 Å². The van der Waals surface area contributed by atoms with Crippen LogP contribution < -0.4 is 5.32 Å². The molecule has 1 N–H and O–H groups in total. The van der Waals surface area contributed by atoms with E-state index >= 15 is 0 Å². The van der Waals surface area contributed by atoms with Gasteiger partial charge in [-0.05, 0) is 36.5 Å². The summed E-state index contributed by atoms with van der Waals surface area (Å²) < 4.78 is 5.13. The Bertz CT molecular complexity index is 311. The number of methoxy groups -OCH3 is 1. The van der Waals surface area contributed by atoms with Gasteiger partial charge in [-0.1, -0.05) is 13.8 Å². The molecule has 96 valence electrons. The number of aromatic nitrogens is 1. The van der Waals surface area contributed by atoms with Crippen LogP contribution in [0.5, 0.6) is 0 Å². The van der Waals surface area contributed by atoms with Gasteiger partial charge < -0.3 is 10.1 Å². The molecule has 17 heavy (non-hydrogen) atoms. The lowest BCUT2D eigenvalue weighted by Gasteiger charge is -2.27. The molecule has 0 saturated heterocycles. The highest BCUT2D eigenvalue weighted by molar-refractivity contribution is 5.13. The third-order valence-electron chi connectivity index (χ3n) is 3.08. The smallest absolute Gasteiger partial charge is 0.0467 e. The van der Waals surface area contributed by atoms with Gasteiger partial charge in [-0.25, -0.2) is 0 Å². The zero-order valence-electron chi connectivity index (χ0n) is 11.4. The molecule has 1 rings (SSSR count). The molecule has 0 spiro atoms. The number of nitrogens with zero attached hydrogens (tertiary/aromatic N) is 1. The minimum Gasteiger partial charge on any atom is -0.385 e. The maximum Gasteiger partial charge on any atom is 0.0467 e. The van der Waals surface area contributed by atoms with Crippen LogP contribution in [0.2, 0.25) is 0 Å². The summed E-state index contributed by atoms with van der Waals surface area (Å²) in [5, 5.41) is 3.56. The molecule has 0 aromatic carbocycles. The molecule has 0 aliphatic rings. The Morgan fingerprint density at radius 2 is 2.00 bits per heavy atom. The molecular weight excluding hydrogens is 212 g/mol. The van der Waals surface area contributed by atoms with E-state index in [-0.39, 0.29) is 5.41 Å². The monoisotopic (exact) mass is 236 g/mol. The van der Waals surface area contributed by atoms with E-state index in [0.29, 0.717) is 6.04 Å². The lowest BCUT2D eigenvalue weighted by molar-refractivity contribution is 0.149. The SMILES string of the molecule is COCCC(C)(C)CNC(C)c1ccncc1. The number of hydrogen-bond donors (Lipinski definition) is 1. The first kappa shape index (κ1) is 14.1. The van der Waals surface area contributed by atoms with Gasteiger partial charge in [0.05, 0.1) is 0 Å². The fourth-order valence-electron chi connectivity index (χ4n) is 1.67. The molecule has 0 saturated carbocycles. The van der Waals surface area contributed by atoms with Crippen molar-refractivity contribution in [2.24, 2.45) is 5.41 Å². The largest absolute Gasteiger partial charge is 0.385 e. The molecule has 3 heteroatoms. The number of pyridine rings is 1. The molecular formula is C14H24N2O. The normalized spacial score (nSPS) is 13.6. The Morgan fingerprint density at radius 3 is 2.59 bits per heavy atom. The molecule has 1 unspecified atom stereocenters. The van der Waals surface area contributed by atoms with Crippen molar-refractivity contribution in [2.45, 2.75) is 33.2 Å². The van der Waals surface area contributed by atoms with Gasteiger partial charge in [-0.3, -0.25) is 4.98 Å². The van der Waals surface area contributed by atoms with Crippen molar-refractivity contribution in [1.29, 1.82) is 0 Å². The second-order valence-electron chi connectivity index (χ2n) is 5.29. The molecule has 0 radical (unpaired) electrons. The number of ether oxygens (including phenoxy) is 1. The van der Waals surface area contributed by atoms with E-state index < -0.39 is 0 Å². The van der Waals surface area contributed by atoms with Gasteiger partial charge in [0.25, 0.3) is 0 Å². The van der Waals surface area contributed by atoms with E-state index in [1.165, 1.54) is 5.56 Å². The maximum absolute atomic E-state index is 5.13. The number of nitrogens with one attached hydrogen (secondary N) is 1. The summed E-state index contributed by atoms with van der Waals surface area (Å²) in [7, 11) is 1.75. The van der Waals surface area contributed by atoms with Crippen molar-refractivity contribution in [3.8, 4) is 0 Å². The predicted molar refractivity (Wildman–Crippen MR) is 70.9 cm³/mol. The molecule has 1 aromatic heterocycles. The van der Waals surface area contributed by atoms with Crippen LogP contribution in [0.15, 0.2) is 24.5 Å². The predicted octanol–water partition coefficient (Wildman–Crippen LogP) is 2.79. The summed E-state index contributed by atoms with van der Waals surface area (Å²) in [6.07, 6.45) is 4.74. The standard InChI is InChI=1S/C14H24N2O/c1-12(13-5-8-15-9-6-13)16-11-14(2,3)7-10-17-4/h5-6,8-9,12,16H,7,10-11H2,1-4H3. The summed E-state index contributed by atoms with van der Waals surface area (Å²) in [4.78, 5) is 4.03. The highest BCUT2D eigenvalue weighted by atomic mass is 16.5. The molecule has 1 aromatic rings. The third kappa shape index (κ3) is 5.29. The molecule has 0 fully saturated rings. The lowest BCUT2D eigenvalue weighted by Crippen LogP contribution is -2.32. The highest BCUT2D eigenvalue weighted by Gasteiger charge is 2.18. The van der Waals surface area contributed by atoms with Gasteiger partial charge in [-0.15, -0.1) is 0 Å². The first-order valence-corrected chi connectivity index (χ1v) is 6.17. The minimum absolute atomic E-state index is 0.261. The van der Waals surface area contributed by atoms with Gasteiger partial charge in [0.15, 0.2) is 0 Å². The molecule has 0 bridgehead atoms. The molecule has 1 heterocycles. The first-order chi connectivity index (χ1) is 8.05. The second kappa shape index (κ2) is 6.72. The van der Waals surface area contributed by atoms with Crippen LogP contribution in [0.1, 0.15) is 38.8 Å². The molecule has 0 aliphatic carbocycles. The van der Waals surface area contributed by atoms with E-state index in [9.17, 15) is 0 Å². The molecule has 1 atom stereocenters. The van der Waals surface area contributed by atoms with Crippen molar-refractivity contribution in [3.05, 3.63) is 30.1 Å². The summed E-state index contributed by atoms with van der Waals surface area (Å²) in [6.45, 7) is 8.51. The van der Waals surface area contributed by atoms with Gasteiger partial charge in [0.1, 0.15) is 0 Å². The Balaban J connectivity index is 2.40. The lowest BCUT2D eigenvalue weighted by atomic mass is 9.89. The van der Waals surface area contributed by atoms with Crippen molar-refractivity contribution < 1.29 is 4.74 Å². The van der Waals surface area contributed by atoms with Gasteiger partial charge >= 0.3 is 0 Å². The molecule has 0 aliphatic heterocycles. The zero-order chi connectivity index (χ0) is 12.7. The third-order valence-corrected chi connectivity index (χ3v) is 3.08. The Hall–Kier alpha value is -0.930. The second-order valence-corrected chi connectivity index (χ2v) is 5.29. The van der Waals surface area contributed by atoms with E-state index in [0.717, 1.165) is 19.6 Å². The molecule has 0 amide bonds. The van der Waals surface area contributed by atoms with Crippen LogP contribution in [-0.2, 0) is 4.74 Å². The summed E-state index contributed by atoms with van der Waals surface area (Å²) in [5.41, 5.74) is 1.54. The Kier molecular flexibility index (Phi) is 5.59. The fourth-order valence-corrected chi connectivity index (χ4v) is 1.67. The van der Waals surface area contributed by atoms with Crippen molar-refractivity contribution >= 4 is 0 Å². The van der Waals surface area contributed by atoms with Crippen molar-refractivity contribution in [3.63, 3.8) is 0 Å².